The SMILES string of the molecule is CCN1C(=O)C(=C2C(=O)N(CC(=O)Nc3ccc(OC)cc3OC)c3ccccc32)SC1=S. The van der Waals surface area contributed by atoms with Crippen LogP contribution in [0.3, 0.4) is 0 Å². The highest BCUT2D eigenvalue weighted by atomic mass is 32.2. The second kappa shape index (κ2) is 9.24. The molecule has 0 bridgehead atoms. The number of nitrogens with one attached hydrogen (secondary N) is 1. The monoisotopic (exact) mass is 483 g/mol. The van der Waals surface area contributed by atoms with Crippen LogP contribution in [0.15, 0.2) is 47.4 Å². The molecular weight excluding hydrogens is 462 g/mol. The molecule has 0 spiro atoms. The van der Waals surface area contributed by atoms with Gasteiger partial charge in [-0.2, -0.15) is 0 Å². The smallest absolute Gasteiger partial charge is 0.266 e. The number of ether oxygens (including phenoxy) is 2. The Morgan fingerprint density at radius 3 is 2.48 bits per heavy atom. The molecule has 8 nitrogen and oxygen atoms in total. The van der Waals surface area contributed by atoms with Crippen LogP contribution in [0.25, 0.3) is 5.57 Å². The molecule has 1 fully saturated rings. The van der Waals surface area contributed by atoms with Gasteiger partial charge in [0.15, 0.2) is 0 Å². The van der Waals surface area contributed by atoms with Crippen molar-refractivity contribution in [2.45, 2.75) is 6.92 Å². The topological polar surface area (TPSA) is 88.2 Å². The molecule has 33 heavy (non-hydrogen) atoms. The van der Waals surface area contributed by atoms with Crippen molar-refractivity contribution in [3.05, 3.63) is 52.9 Å². The Hall–Kier alpha value is -3.37. The van der Waals surface area contributed by atoms with Gasteiger partial charge in [-0.15, -0.1) is 0 Å². The summed E-state index contributed by atoms with van der Waals surface area (Å²) in [5.74, 6) is -0.101. The van der Waals surface area contributed by atoms with E-state index >= 15 is 0 Å². The van der Waals surface area contributed by atoms with E-state index in [2.05, 4.69) is 5.32 Å². The molecule has 2 aromatic carbocycles. The minimum Gasteiger partial charge on any atom is -0.497 e. The predicted octanol–water partition coefficient (Wildman–Crippen LogP) is 3.28. The number of carbonyl (C=O) groups excluding carboxylic acids is 3. The quantitative estimate of drug-likeness (QED) is 0.498. The minimum absolute atomic E-state index is 0.234. The van der Waals surface area contributed by atoms with E-state index in [9.17, 15) is 14.4 Å². The molecule has 2 aromatic rings. The van der Waals surface area contributed by atoms with E-state index in [1.807, 2.05) is 6.92 Å². The van der Waals surface area contributed by atoms with Crippen LogP contribution in [0.5, 0.6) is 11.5 Å². The largest absolute Gasteiger partial charge is 0.497 e. The molecule has 1 saturated heterocycles. The summed E-state index contributed by atoms with van der Waals surface area (Å²) in [4.78, 5) is 42.3. The molecule has 3 amide bonds. The van der Waals surface area contributed by atoms with E-state index < -0.39 is 11.8 Å². The van der Waals surface area contributed by atoms with Crippen molar-refractivity contribution in [2.75, 3.05) is 37.5 Å². The zero-order valence-corrected chi connectivity index (χ0v) is 19.8. The van der Waals surface area contributed by atoms with E-state index in [0.29, 0.717) is 44.2 Å². The first-order chi connectivity index (χ1) is 15.9. The Morgan fingerprint density at radius 2 is 1.82 bits per heavy atom. The molecule has 1 N–H and O–H groups in total. The van der Waals surface area contributed by atoms with Gasteiger partial charge >= 0.3 is 0 Å². The molecule has 2 heterocycles. The van der Waals surface area contributed by atoms with E-state index in [0.717, 1.165) is 11.8 Å². The number of nitrogens with zero attached hydrogens (tertiary/aromatic N) is 2. The molecule has 2 aliphatic rings. The number of methoxy groups -OCH3 is 2. The van der Waals surface area contributed by atoms with Crippen LogP contribution in [-0.2, 0) is 14.4 Å². The number of hydrogen-bond donors (Lipinski definition) is 1. The number of amides is 3. The third kappa shape index (κ3) is 4.07. The van der Waals surface area contributed by atoms with Crippen molar-refractivity contribution in [2.24, 2.45) is 0 Å². The summed E-state index contributed by atoms with van der Waals surface area (Å²) >= 11 is 6.42. The Morgan fingerprint density at radius 1 is 1.06 bits per heavy atom. The molecule has 0 aromatic heterocycles. The van der Waals surface area contributed by atoms with Crippen molar-refractivity contribution in [3.8, 4) is 11.5 Å². The zero-order valence-electron chi connectivity index (χ0n) is 18.2. The molecule has 10 heteroatoms. The number of carbonyl (C=O) groups is 3. The minimum atomic E-state index is -0.413. The highest BCUT2D eigenvalue weighted by Gasteiger charge is 2.42. The number of anilines is 2. The first kappa shape index (κ1) is 22.8. The highest BCUT2D eigenvalue weighted by Crippen LogP contribution is 2.44. The average Bonchev–Trinajstić information content (AvgIpc) is 3.25. The average molecular weight is 484 g/mol. The molecule has 0 radical (unpaired) electrons. The fraction of sp³-hybridized carbons (Fsp3) is 0.217. The van der Waals surface area contributed by atoms with Gasteiger partial charge in [-0.1, -0.05) is 42.2 Å². The van der Waals surface area contributed by atoms with Crippen LogP contribution in [0.4, 0.5) is 11.4 Å². The van der Waals surface area contributed by atoms with Gasteiger partial charge in [0.2, 0.25) is 5.91 Å². The number of likely N-dealkylation sites (N-methyl/N-ethyl adjacent to an activating group) is 1. The molecule has 170 valence electrons. The lowest BCUT2D eigenvalue weighted by Crippen LogP contribution is -2.35. The van der Waals surface area contributed by atoms with Crippen LogP contribution < -0.4 is 19.7 Å². The molecule has 4 rings (SSSR count). The number of fused-ring (bicyclic) bond motifs is 1. The van der Waals surface area contributed by atoms with Gasteiger partial charge in [0.25, 0.3) is 11.8 Å². The van der Waals surface area contributed by atoms with Gasteiger partial charge < -0.3 is 14.8 Å². The number of hydrogen-bond acceptors (Lipinski definition) is 7. The summed E-state index contributed by atoms with van der Waals surface area (Å²) in [5, 5.41) is 2.78. The van der Waals surface area contributed by atoms with Gasteiger partial charge in [0.1, 0.15) is 22.4 Å². The van der Waals surface area contributed by atoms with Crippen molar-refractivity contribution in [1.29, 1.82) is 0 Å². The Kier molecular flexibility index (Phi) is 6.39. The number of thiocarbonyl (C=S) groups is 1. The van der Waals surface area contributed by atoms with Crippen LogP contribution in [-0.4, -0.2) is 54.3 Å². The lowest BCUT2D eigenvalue weighted by atomic mass is 10.1. The third-order valence-corrected chi connectivity index (χ3v) is 6.75. The summed E-state index contributed by atoms with van der Waals surface area (Å²) in [6.45, 7) is 2.02. The van der Waals surface area contributed by atoms with Crippen molar-refractivity contribution in [3.63, 3.8) is 0 Å². The first-order valence-corrected chi connectivity index (χ1v) is 11.3. The molecule has 0 saturated carbocycles. The molecule has 0 aliphatic carbocycles. The molecule has 0 unspecified atom stereocenters. The van der Waals surface area contributed by atoms with Gasteiger partial charge in [0.05, 0.1) is 36.1 Å². The third-order valence-electron chi connectivity index (χ3n) is 5.30. The summed E-state index contributed by atoms with van der Waals surface area (Å²) in [5.41, 5.74) is 1.89. The number of para-hydroxylation sites is 1. The van der Waals surface area contributed by atoms with E-state index in [1.165, 1.54) is 24.0 Å². The Bertz CT molecular complexity index is 1210. The van der Waals surface area contributed by atoms with Gasteiger partial charge in [0, 0.05) is 18.2 Å². The van der Waals surface area contributed by atoms with E-state index in [4.69, 9.17) is 21.7 Å². The molecule has 2 aliphatic heterocycles. The maximum atomic E-state index is 13.4. The first-order valence-electron chi connectivity index (χ1n) is 10.1. The van der Waals surface area contributed by atoms with E-state index in [-0.39, 0.29) is 18.0 Å². The maximum Gasteiger partial charge on any atom is 0.266 e. The van der Waals surface area contributed by atoms with Crippen LogP contribution >= 0.6 is 24.0 Å². The number of thioether (sulfide) groups is 1. The second-order valence-electron chi connectivity index (χ2n) is 7.14. The second-order valence-corrected chi connectivity index (χ2v) is 8.79. The molecule has 0 atom stereocenters. The normalized spacial score (nSPS) is 17.5. The fourth-order valence-corrected chi connectivity index (χ4v) is 5.17. The van der Waals surface area contributed by atoms with Crippen LogP contribution in [0, 0.1) is 0 Å². The Labute approximate surface area is 200 Å². The number of benzene rings is 2. The van der Waals surface area contributed by atoms with Crippen LogP contribution in [0.2, 0.25) is 0 Å². The number of rotatable bonds is 6. The fourth-order valence-electron chi connectivity index (χ4n) is 3.71. The summed E-state index contributed by atoms with van der Waals surface area (Å²) in [6, 6.07) is 12.1. The summed E-state index contributed by atoms with van der Waals surface area (Å²) < 4.78 is 10.9. The van der Waals surface area contributed by atoms with Crippen molar-refractivity contribution < 1.29 is 23.9 Å². The zero-order chi connectivity index (χ0) is 23.7. The van der Waals surface area contributed by atoms with Crippen LogP contribution in [0.1, 0.15) is 12.5 Å². The van der Waals surface area contributed by atoms with Crippen molar-refractivity contribution in [1.82, 2.24) is 4.90 Å². The van der Waals surface area contributed by atoms with Gasteiger partial charge in [-0.05, 0) is 25.1 Å². The maximum absolute atomic E-state index is 13.4. The molecular formula is C23H21N3O5S2. The van der Waals surface area contributed by atoms with E-state index in [1.54, 1.807) is 42.5 Å². The lowest BCUT2D eigenvalue weighted by Gasteiger charge is -2.18. The van der Waals surface area contributed by atoms with Gasteiger partial charge in [-0.3, -0.25) is 24.2 Å². The Balaban J connectivity index is 1.63. The van der Waals surface area contributed by atoms with Gasteiger partial charge in [-0.25, -0.2) is 0 Å². The summed E-state index contributed by atoms with van der Waals surface area (Å²) in [7, 11) is 3.03. The highest BCUT2D eigenvalue weighted by molar-refractivity contribution is 8.26. The predicted molar refractivity (Wildman–Crippen MR) is 131 cm³/mol. The standard InChI is InChI=1S/C23H21N3O5S2/c1-4-25-22(29)20(33-23(25)32)19-14-7-5-6-8-16(14)26(21(19)28)12-18(27)24-15-10-9-13(30-2)11-17(15)31-3/h5-11H,4,12H2,1-3H3,(H,24,27). The van der Waals surface area contributed by atoms with Crippen molar-refractivity contribution >= 4 is 63.0 Å². The lowest BCUT2D eigenvalue weighted by molar-refractivity contribution is -0.122. The summed E-state index contributed by atoms with van der Waals surface area (Å²) in [6.07, 6.45) is 0.